The summed E-state index contributed by atoms with van der Waals surface area (Å²) in [6.45, 7) is 8.98. The maximum Gasteiger partial charge on any atom is 0.106 e. The van der Waals surface area contributed by atoms with Crippen molar-refractivity contribution in [3.8, 4) is 6.07 Å². The Hall–Kier alpha value is -0.550. The van der Waals surface area contributed by atoms with E-state index >= 15 is 0 Å². The fraction of sp³-hybridized carbons (Fsp3) is 0.933. The molecule has 0 heterocycles. The van der Waals surface area contributed by atoms with Crippen LogP contribution in [0.4, 0.5) is 0 Å². The fourth-order valence-electron chi connectivity index (χ4n) is 2.90. The Bertz CT molecular complexity index is 267. The van der Waals surface area contributed by atoms with E-state index < -0.39 is 0 Å². The number of hydrogen-bond donors (Lipinski definition) is 1. The van der Waals surface area contributed by atoms with E-state index in [0.29, 0.717) is 6.04 Å². The van der Waals surface area contributed by atoms with E-state index in [2.05, 4.69) is 39.1 Å². The maximum absolute atomic E-state index is 9.52. The molecule has 0 aromatic rings. The lowest BCUT2D eigenvalue weighted by Crippen LogP contribution is -2.48. The van der Waals surface area contributed by atoms with Gasteiger partial charge in [0.1, 0.15) is 5.54 Å². The van der Waals surface area contributed by atoms with Crippen LogP contribution in [0.3, 0.4) is 0 Å². The molecule has 17 heavy (non-hydrogen) atoms. The van der Waals surface area contributed by atoms with Gasteiger partial charge in [-0.3, -0.25) is 5.32 Å². The summed E-state index contributed by atoms with van der Waals surface area (Å²) in [5.74, 6) is 1.57. The highest BCUT2D eigenvalue weighted by molar-refractivity contribution is 5.09. The first-order valence-corrected chi connectivity index (χ1v) is 7.22. The van der Waals surface area contributed by atoms with Crippen LogP contribution in [0.2, 0.25) is 0 Å². The van der Waals surface area contributed by atoms with Crippen LogP contribution in [-0.2, 0) is 0 Å². The van der Waals surface area contributed by atoms with Crippen molar-refractivity contribution in [1.82, 2.24) is 5.32 Å². The van der Waals surface area contributed by atoms with E-state index in [1.54, 1.807) is 0 Å². The molecule has 2 nitrogen and oxygen atoms in total. The zero-order valence-corrected chi connectivity index (χ0v) is 11.9. The van der Waals surface area contributed by atoms with Crippen molar-refractivity contribution in [2.45, 2.75) is 77.8 Å². The molecule has 0 aromatic heterocycles. The van der Waals surface area contributed by atoms with E-state index in [-0.39, 0.29) is 5.54 Å². The Labute approximate surface area is 107 Å². The Morgan fingerprint density at radius 1 is 1.29 bits per heavy atom. The number of nitriles is 1. The molecule has 0 spiro atoms. The smallest absolute Gasteiger partial charge is 0.106 e. The lowest BCUT2D eigenvalue weighted by Gasteiger charge is -2.30. The van der Waals surface area contributed by atoms with Gasteiger partial charge >= 0.3 is 0 Å². The second-order valence-corrected chi connectivity index (χ2v) is 6.08. The van der Waals surface area contributed by atoms with Crippen molar-refractivity contribution in [3.05, 3.63) is 0 Å². The molecule has 3 unspecified atom stereocenters. The van der Waals surface area contributed by atoms with Crippen molar-refractivity contribution in [1.29, 1.82) is 5.26 Å². The quantitative estimate of drug-likeness (QED) is 0.752. The van der Waals surface area contributed by atoms with E-state index in [0.717, 1.165) is 31.1 Å². The van der Waals surface area contributed by atoms with Crippen molar-refractivity contribution in [2.24, 2.45) is 11.8 Å². The molecule has 1 fully saturated rings. The van der Waals surface area contributed by atoms with Crippen molar-refractivity contribution in [3.63, 3.8) is 0 Å². The van der Waals surface area contributed by atoms with E-state index in [1.165, 1.54) is 19.3 Å². The minimum absolute atomic E-state index is 0.251. The molecule has 2 heteroatoms. The molecular weight excluding hydrogens is 208 g/mol. The summed E-state index contributed by atoms with van der Waals surface area (Å²) in [4.78, 5) is 0. The second kappa shape index (κ2) is 6.40. The fourth-order valence-corrected chi connectivity index (χ4v) is 2.90. The van der Waals surface area contributed by atoms with Crippen molar-refractivity contribution >= 4 is 0 Å². The Balaban J connectivity index is 2.65. The molecule has 1 aliphatic rings. The number of nitrogens with one attached hydrogen (secondary N) is 1. The van der Waals surface area contributed by atoms with Gasteiger partial charge in [0.05, 0.1) is 6.07 Å². The van der Waals surface area contributed by atoms with Gasteiger partial charge in [0.2, 0.25) is 0 Å². The maximum atomic E-state index is 9.52. The summed E-state index contributed by atoms with van der Waals surface area (Å²) in [6, 6.07) is 3.02. The van der Waals surface area contributed by atoms with Crippen LogP contribution in [0.5, 0.6) is 0 Å². The van der Waals surface area contributed by atoms with Gasteiger partial charge in [-0.15, -0.1) is 0 Å². The summed E-state index contributed by atoms with van der Waals surface area (Å²) in [7, 11) is 0. The van der Waals surface area contributed by atoms with Crippen LogP contribution >= 0.6 is 0 Å². The van der Waals surface area contributed by atoms with Crippen molar-refractivity contribution in [2.75, 3.05) is 0 Å². The molecule has 1 rings (SSSR count). The third kappa shape index (κ3) is 4.00. The lowest BCUT2D eigenvalue weighted by atomic mass is 9.87. The molecule has 0 amide bonds. The minimum atomic E-state index is -0.251. The second-order valence-electron chi connectivity index (χ2n) is 6.08. The van der Waals surface area contributed by atoms with Crippen LogP contribution in [-0.4, -0.2) is 11.6 Å². The van der Waals surface area contributed by atoms with E-state index in [9.17, 15) is 5.26 Å². The van der Waals surface area contributed by atoms with Gasteiger partial charge < -0.3 is 0 Å². The minimum Gasteiger partial charge on any atom is -0.297 e. The van der Waals surface area contributed by atoms with Gasteiger partial charge in [0.15, 0.2) is 0 Å². The van der Waals surface area contributed by atoms with Gasteiger partial charge in [-0.2, -0.15) is 5.26 Å². The van der Waals surface area contributed by atoms with Gasteiger partial charge in [-0.25, -0.2) is 0 Å². The highest BCUT2D eigenvalue weighted by atomic mass is 15.0. The molecule has 0 radical (unpaired) electrons. The van der Waals surface area contributed by atoms with E-state index in [1.807, 2.05) is 0 Å². The van der Waals surface area contributed by atoms with Crippen LogP contribution in [0.1, 0.15) is 66.2 Å². The van der Waals surface area contributed by atoms with Gasteiger partial charge in [-0.05, 0) is 44.4 Å². The van der Waals surface area contributed by atoms with Gasteiger partial charge in [-0.1, -0.05) is 33.6 Å². The average molecular weight is 236 g/mol. The lowest BCUT2D eigenvalue weighted by molar-refractivity contribution is 0.303. The number of rotatable bonds is 4. The third-order valence-corrected chi connectivity index (χ3v) is 4.41. The number of hydrogen-bond acceptors (Lipinski definition) is 2. The van der Waals surface area contributed by atoms with Crippen LogP contribution in [0.25, 0.3) is 0 Å². The Morgan fingerprint density at radius 3 is 2.53 bits per heavy atom. The van der Waals surface area contributed by atoms with Crippen LogP contribution < -0.4 is 5.32 Å². The average Bonchev–Trinajstić information content (AvgIpc) is 2.52. The predicted molar refractivity (Wildman–Crippen MR) is 72.6 cm³/mol. The monoisotopic (exact) mass is 236 g/mol. The van der Waals surface area contributed by atoms with Crippen LogP contribution in [0, 0.1) is 23.2 Å². The summed E-state index contributed by atoms with van der Waals surface area (Å²) in [6.07, 6.45) is 6.84. The zero-order chi connectivity index (χ0) is 12.9. The summed E-state index contributed by atoms with van der Waals surface area (Å²) >= 11 is 0. The third-order valence-electron chi connectivity index (χ3n) is 4.41. The highest BCUT2D eigenvalue weighted by Gasteiger charge is 2.34. The number of nitrogens with zero attached hydrogens (tertiary/aromatic N) is 1. The SMILES string of the molecule is CCC(C)NC1(C#N)CCCC(C(C)C)CC1. The molecule has 1 aliphatic carbocycles. The molecular formula is C15H28N2. The first-order valence-electron chi connectivity index (χ1n) is 7.22. The van der Waals surface area contributed by atoms with Gasteiger partial charge in [0, 0.05) is 6.04 Å². The Kier molecular flexibility index (Phi) is 5.46. The summed E-state index contributed by atoms with van der Waals surface area (Å²) in [5, 5.41) is 13.1. The van der Waals surface area contributed by atoms with Gasteiger partial charge in [0.25, 0.3) is 0 Å². The summed E-state index contributed by atoms with van der Waals surface area (Å²) < 4.78 is 0. The molecule has 0 bridgehead atoms. The molecule has 0 aliphatic heterocycles. The zero-order valence-electron chi connectivity index (χ0n) is 11.9. The Morgan fingerprint density at radius 2 is 2.00 bits per heavy atom. The topological polar surface area (TPSA) is 35.8 Å². The molecule has 1 N–H and O–H groups in total. The van der Waals surface area contributed by atoms with Crippen LogP contribution in [0.15, 0.2) is 0 Å². The molecule has 0 aromatic carbocycles. The molecule has 0 saturated heterocycles. The highest BCUT2D eigenvalue weighted by Crippen LogP contribution is 2.34. The first-order chi connectivity index (χ1) is 8.03. The molecule has 1 saturated carbocycles. The normalized spacial score (nSPS) is 31.9. The standard InChI is InChI=1S/C15H28N2/c1-5-13(4)17-15(11-16)9-6-7-14(8-10-15)12(2)3/h12-14,17H,5-10H2,1-4H3. The molecule has 98 valence electrons. The predicted octanol–water partition coefficient (Wildman–Crippen LogP) is 3.87. The largest absolute Gasteiger partial charge is 0.297 e. The molecule has 3 atom stereocenters. The first kappa shape index (κ1) is 14.5. The van der Waals surface area contributed by atoms with E-state index in [4.69, 9.17) is 0 Å². The van der Waals surface area contributed by atoms with Crippen molar-refractivity contribution < 1.29 is 0 Å². The summed E-state index contributed by atoms with van der Waals surface area (Å²) in [5.41, 5.74) is -0.251.